The summed E-state index contributed by atoms with van der Waals surface area (Å²) in [4.78, 5) is 21.3. The minimum Gasteiger partial charge on any atom is -0.508 e. The van der Waals surface area contributed by atoms with Gasteiger partial charge in [-0.3, -0.25) is 4.79 Å². The third-order valence-corrected chi connectivity index (χ3v) is 5.38. The van der Waals surface area contributed by atoms with Gasteiger partial charge in [-0.25, -0.2) is 23.7 Å². The Labute approximate surface area is 183 Å². The van der Waals surface area contributed by atoms with E-state index in [9.17, 15) is 14.3 Å². The van der Waals surface area contributed by atoms with Crippen LogP contribution >= 0.6 is 0 Å². The monoisotopic (exact) mass is 437 g/mol. The van der Waals surface area contributed by atoms with Gasteiger partial charge >= 0.3 is 0 Å². The van der Waals surface area contributed by atoms with Gasteiger partial charge in [-0.1, -0.05) is 0 Å². The Bertz CT molecular complexity index is 1380. The van der Waals surface area contributed by atoms with E-state index in [-0.39, 0.29) is 17.1 Å². The second kappa shape index (κ2) is 7.40. The zero-order valence-corrected chi connectivity index (χ0v) is 18.5. The van der Waals surface area contributed by atoms with Crippen molar-refractivity contribution in [1.82, 2.24) is 29.5 Å². The zero-order chi connectivity index (χ0) is 23.4. The summed E-state index contributed by atoms with van der Waals surface area (Å²) in [5.41, 5.74) is 7.75. The molecule has 9 nitrogen and oxygen atoms in total. The number of benzene rings is 1. The number of halogens is 1. The molecule has 0 aliphatic rings. The molecule has 4 aromatic rings. The number of aromatic nitrogens is 6. The number of hydrogen-bond donors (Lipinski definition) is 2. The highest BCUT2D eigenvalue weighted by Gasteiger charge is 2.25. The van der Waals surface area contributed by atoms with Gasteiger partial charge in [0.2, 0.25) is 0 Å². The summed E-state index contributed by atoms with van der Waals surface area (Å²) >= 11 is 0. The van der Waals surface area contributed by atoms with E-state index in [4.69, 9.17) is 5.73 Å². The molecule has 32 heavy (non-hydrogen) atoms. The van der Waals surface area contributed by atoms with E-state index >= 15 is 0 Å². The Morgan fingerprint density at radius 3 is 2.56 bits per heavy atom. The number of fused-ring (bicyclic) bond motifs is 1. The molecule has 0 radical (unpaired) electrons. The first kappa shape index (κ1) is 21.4. The summed E-state index contributed by atoms with van der Waals surface area (Å²) in [6.45, 7) is 9.34. The maximum atomic E-state index is 14.0. The molecule has 4 rings (SSSR count). The van der Waals surface area contributed by atoms with Crippen molar-refractivity contribution in [2.75, 3.05) is 5.73 Å². The predicted molar refractivity (Wildman–Crippen MR) is 119 cm³/mol. The Hall–Kier alpha value is -3.82. The van der Waals surface area contributed by atoms with Crippen LogP contribution in [-0.2, 0) is 5.54 Å². The van der Waals surface area contributed by atoms with E-state index in [1.807, 2.05) is 27.7 Å². The van der Waals surface area contributed by atoms with Crippen molar-refractivity contribution in [3.8, 4) is 17.0 Å². The third-order valence-electron chi connectivity index (χ3n) is 5.38. The second-order valence-electron chi connectivity index (χ2n) is 8.74. The van der Waals surface area contributed by atoms with Crippen LogP contribution in [0.25, 0.3) is 22.3 Å². The van der Waals surface area contributed by atoms with Crippen LogP contribution in [0.3, 0.4) is 0 Å². The first-order valence-corrected chi connectivity index (χ1v) is 10.1. The molecule has 10 heteroatoms. The number of nitrogens with two attached hydrogens (primary N) is 1. The summed E-state index contributed by atoms with van der Waals surface area (Å²) in [5.74, 6) is -0.681. The molecule has 3 N–H and O–H groups in total. The molecule has 0 fully saturated rings. The number of anilines is 1. The first-order chi connectivity index (χ1) is 15.0. The average Bonchev–Trinajstić information content (AvgIpc) is 3.09. The number of phenolic OH excluding ortho intramolecular Hbond substituents is 1. The van der Waals surface area contributed by atoms with Crippen molar-refractivity contribution < 1.29 is 9.50 Å². The van der Waals surface area contributed by atoms with Crippen molar-refractivity contribution in [2.45, 2.75) is 46.2 Å². The summed E-state index contributed by atoms with van der Waals surface area (Å²) in [6.07, 6.45) is 2.97. The Kier molecular flexibility index (Phi) is 4.95. The van der Waals surface area contributed by atoms with Gasteiger partial charge in [-0.15, -0.1) is 0 Å². The highest BCUT2D eigenvalue weighted by atomic mass is 19.1. The lowest BCUT2D eigenvalue weighted by Gasteiger charge is -2.23. The number of aromatic hydroxyl groups is 1. The summed E-state index contributed by atoms with van der Waals surface area (Å²) in [7, 11) is 0. The molecule has 0 unspecified atom stereocenters. The van der Waals surface area contributed by atoms with Crippen LogP contribution in [-0.4, -0.2) is 34.6 Å². The molecule has 0 saturated carbocycles. The SMILES string of the molecule is Cc1c([C@H](C)n2nc(-c3cc(O)cc(F)c3)c3c(N)ncnc32)cnn(C(C)(C)C)c1=O. The zero-order valence-electron chi connectivity index (χ0n) is 18.5. The molecule has 3 heterocycles. The van der Waals surface area contributed by atoms with Crippen LogP contribution in [0.5, 0.6) is 5.75 Å². The molecular weight excluding hydrogens is 413 g/mol. The van der Waals surface area contributed by atoms with Gasteiger partial charge in [-0.05, 0) is 46.8 Å². The Morgan fingerprint density at radius 2 is 1.91 bits per heavy atom. The molecule has 1 aromatic carbocycles. The van der Waals surface area contributed by atoms with E-state index in [1.165, 1.54) is 23.1 Å². The van der Waals surface area contributed by atoms with Gasteiger partial charge in [0.15, 0.2) is 5.65 Å². The van der Waals surface area contributed by atoms with Crippen molar-refractivity contribution >= 4 is 16.9 Å². The van der Waals surface area contributed by atoms with Crippen LogP contribution in [0, 0.1) is 12.7 Å². The average molecular weight is 437 g/mol. The van der Waals surface area contributed by atoms with E-state index in [2.05, 4.69) is 20.2 Å². The molecule has 1 atom stereocenters. The Balaban J connectivity index is 1.94. The fourth-order valence-corrected chi connectivity index (χ4v) is 3.76. The smallest absolute Gasteiger partial charge is 0.270 e. The maximum absolute atomic E-state index is 14.0. The number of rotatable bonds is 3. The summed E-state index contributed by atoms with van der Waals surface area (Å²) in [5, 5.41) is 19.3. The van der Waals surface area contributed by atoms with E-state index in [1.54, 1.807) is 17.8 Å². The van der Waals surface area contributed by atoms with Gasteiger partial charge in [0.25, 0.3) is 5.56 Å². The highest BCUT2D eigenvalue weighted by Crippen LogP contribution is 2.34. The van der Waals surface area contributed by atoms with E-state index < -0.39 is 17.4 Å². The molecule has 0 bridgehead atoms. The predicted octanol–water partition coefficient (Wildman–Crippen LogP) is 3.15. The molecule has 0 spiro atoms. The van der Waals surface area contributed by atoms with Crippen LogP contribution in [0.15, 0.2) is 35.5 Å². The molecule has 3 aromatic heterocycles. The largest absolute Gasteiger partial charge is 0.508 e. The lowest BCUT2D eigenvalue weighted by atomic mass is 10.0. The minimum atomic E-state index is -0.614. The van der Waals surface area contributed by atoms with Crippen LogP contribution in [0.4, 0.5) is 10.2 Å². The lowest BCUT2D eigenvalue weighted by Crippen LogP contribution is -2.38. The molecule has 0 aliphatic carbocycles. The number of hydrogen-bond acceptors (Lipinski definition) is 7. The summed E-state index contributed by atoms with van der Waals surface area (Å²) < 4.78 is 17.0. The van der Waals surface area contributed by atoms with Crippen LogP contribution in [0.2, 0.25) is 0 Å². The van der Waals surface area contributed by atoms with Crippen molar-refractivity contribution in [3.63, 3.8) is 0 Å². The van der Waals surface area contributed by atoms with Gasteiger partial charge in [0.05, 0.1) is 23.2 Å². The number of nitrogen functional groups attached to an aromatic ring is 1. The third kappa shape index (κ3) is 3.47. The summed E-state index contributed by atoms with van der Waals surface area (Å²) in [6, 6.07) is 3.21. The maximum Gasteiger partial charge on any atom is 0.270 e. The lowest BCUT2D eigenvalue weighted by molar-refractivity contribution is 0.334. The molecular formula is C22H24FN7O2. The normalized spacial score (nSPS) is 12.9. The second-order valence-corrected chi connectivity index (χ2v) is 8.74. The molecule has 0 saturated heterocycles. The van der Waals surface area contributed by atoms with Gasteiger partial charge in [0, 0.05) is 22.8 Å². The van der Waals surface area contributed by atoms with E-state index in [0.29, 0.717) is 33.4 Å². The van der Waals surface area contributed by atoms with Gasteiger partial charge in [-0.2, -0.15) is 10.2 Å². The highest BCUT2D eigenvalue weighted by molar-refractivity contribution is 5.98. The van der Waals surface area contributed by atoms with Gasteiger partial charge in [0.1, 0.15) is 29.4 Å². The number of phenols is 1. The molecule has 0 amide bonds. The quantitative estimate of drug-likeness (QED) is 0.504. The molecule has 0 aliphatic heterocycles. The van der Waals surface area contributed by atoms with Crippen molar-refractivity contribution in [3.05, 3.63) is 58.0 Å². The van der Waals surface area contributed by atoms with Crippen LogP contribution in [0.1, 0.15) is 44.9 Å². The Morgan fingerprint density at radius 1 is 1.19 bits per heavy atom. The van der Waals surface area contributed by atoms with Crippen molar-refractivity contribution in [1.29, 1.82) is 0 Å². The fourth-order valence-electron chi connectivity index (χ4n) is 3.76. The topological polar surface area (TPSA) is 125 Å². The van der Waals surface area contributed by atoms with Gasteiger partial charge < -0.3 is 10.8 Å². The first-order valence-electron chi connectivity index (χ1n) is 10.1. The standard InChI is InChI=1S/C22H24FN7O2/c1-11-16(9-27-30(21(11)32)22(3,4)5)12(2)29-20-17(19(24)25-10-26-20)18(28-29)13-6-14(23)8-15(31)7-13/h6-10,12,31H,1-5H3,(H2,24,25,26)/t12-/m0/s1. The minimum absolute atomic E-state index is 0.171. The molecule has 166 valence electrons. The fraction of sp³-hybridized carbons (Fsp3) is 0.318. The van der Waals surface area contributed by atoms with Crippen LogP contribution < -0.4 is 11.3 Å². The van der Waals surface area contributed by atoms with E-state index in [0.717, 1.165) is 6.07 Å². The van der Waals surface area contributed by atoms with Crippen molar-refractivity contribution in [2.24, 2.45) is 0 Å². The number of nitrogens with zero attached hydrogens (tertiary/aromatic N) is 6.